The highest BCUT2D eigenvalue weighted by Crippen LogP contribution is 2.22. The van der Waals surface area contributed by atoms with Gasteiger partial charge in [-0.3, -0.25) is 4.79 Å². The number of benzene rings is 2. The van der Waals surface area contributed by atoms with Gasteiger partial charge in [0, 0.05) is 18.1 Å². The van der Waals surface area contributed by atoms with Crippen molar-refractivity contribution in [1.29, 1.82) is 0 Å². The molecule has 0 radical (unpaired) electrons. The van der Waals surface area contributed by atoms with Gasteiger partial charge in [-0.1, -0.05) is 17.7 Å². The molecular formula is C20H23ClF3IN4O2. The van der Waals surface area contributed by atoms with Crippen LogP contribution in [0, 0.1) is 17.5 Å². The van der Waals surface area contributed by atoms with Gasteiger partial charge in [-0.25, -0.2) is 18.2 Å². The molecule has 0 saturated carbocycles. The number of anilines is 1. The Balaban J connectivity index is 0.00000480. The first kappa shape index (κ1) is 26.8. The van der Waals surface area contributed by atoms with E-state index in [4.69, 9.17) is 16.3 Å². The Morgan fingerprint density at radius 2 is 1.87 bits per heavy atom. The molecule has 0 aliphatic carbocycles. The molecule has 2 aromatic carbocycles. The van der Waals surface area contributed by atoms with Crippen molar-refractivity contribution in [2.45, 2.75) is 13.3 Å². The van der Waals surface area contributed by atoms with E-state index in [9.17, 15) is 18.0 Å². The minimum Gasteiger partial charge on any atom is -0.497 e. The maximum absolute atomic E-state index is 13.6. The summed E-state index contributed by atoms with van der Waals surface area (Å²) in [6.07, 6.45) is 0.597. The zero-order chi connectivity index (χ0) is 22.1. The lowest BCUT2D eigenvalue weighted by Gasteiger charge is -2.12. The third kappa shape index (κ3) is 8.09. The highest BCUT2D eigenvalue weighted by molar-refractivity contribution is 14.0. The molecule has 0 fully saturated rings. The number of hydrogen-bond acceptors (Lipinski definition) is 3. The molecular weight excluding hydrogens is 548 g/mol. The van der Waals surface area contributed by atoms with Gasteiger partial charge in [0.1, 0.15) is 12.3 Å². The Hall–Kier alpha value is -2.21. The largest absolute Gasteiger partial charge is 0.497 e. The van der Waals surface area contributed by atoms with Crippen molar-refractivity contribution in [3.63, 3.8) is 0 Å². The average Bonchev–Trinajstić information content (AvgIpc) is 2.73. The molecule has 0 bridgehead atoms. The summed E-state index contributed by atoms with van der Waals surface area (Å²) in [5.74, 6) is -4.11. The summed E-state index contributed by atoms with van der Waals surface area (Å²) < 4.78 is 45.0. The molecule has 0 aliphatic rings. The number of aliphatic imine (C=N–C) groups is 1. The van der Waals surface area contributed by atoms with Gasteiger partial charge >= 0.3 is 0 Å². The third-order valence-electron chi connectivity index (χ3n) is 3.98. The summed E-state index contributed by atoms with van der Waals surface area (Å²) in [6, 6.07) is 7.06. The van der Waals surface area contributed by atoms with Gasteiger partial charge in [0.2, 0.25) is 5.91 Å². The standard InChI is InChI=1S/C20H22ClF3N4O2.HI/c1-3-25-20(26-9-8-12-4-5-13(30-2)10-14(12)21)27-11-17(29)28-16-7-6-15(22)18(23)19(16)24;/h4-7,10H,3,8-9,11H2,1-2H3,(H,28,29)(H2,25,26,27);1H. The van der Waals surface area contributed by atoms with Gasteiger partial charge in [0.25, 0.3) is 0 Å². The van der Waals surface area contributed by atoms with Crippen LogP contribution in [0.4, 0.5) is 18.9 Å². The van der Waals surface area contributed by atoms with Gasteiger partial charge in [-0.05, 0) is 43.2 Å². The van der Waals surface area contributed by atoms with Gasteiger partial charge in [-0.15, -0.1) is 24.0 Å². The zero-order valence-corrected chi connectivity index (χ0v) is 20.0. The molecule has 31 heavy (non-hydrogen) atoms. The lowest BCUT2D eigenvalue weighted by atomic mass is 10.1. The van der Waals surface area contributed by atoms with Crippen LogP contribution in [0.5, 0.6) is 5.75 Å². The number of ether oxygens (including phenoxy) is 1. The van der Waals surface area contributed by atoms with Gasteiger partial charge in [0.05, 0.1) is 12.8 Å². The van der Waals surface area contributed by atoms with Crippen LogP contribution in [-0.4, -0.2) is 38.6 Å². The van der Waals surface area contributed by atoms with Crippen LogP contribution in [0.25, 0.3) is 0 Å². The van der Waals surface area contributed by atoms with Gasteiger partial charge < -0.3 is 20.7 Å². The lowest BCUT2D eigenvalue weighted by molar-refractivity contribution is -0.114. The second-order valence-electron chi connectivity index (χ2n) is 6.10. The normalized spacial score (nSPS) is 10.8. The smallest absolute Gasteiger partial charge is 0.246 e. The Labute approximate surface area is 200 Å². The molecule has 0 aliphatic heterocycles. The Kier molecular flexibility index (Phi) is 11.5. The van der Waals surface area contributed by atoms with E-state index < -0.39 is 29.0 Å². The van der Waals surface area contributed by atoms with E-state index in [1.54, 1.807) is 13.2 Å². The van der Waals surface area contributed by atoms with Crippen molar-refractivity contribution in [2.75, 3.05) is 32.1 Å². The molecule has 0 unspecified atom stereocenters. The number of amides is 1. The first-order valence-electron chi connectivity index (χ1n) is 9.13. The average molecular weight is 571 g/mol. The van der Waals surface area contributed by atoms with Crippen molar-refractivity contribution in [3.05, 3.63) is 58.4 Å². The Bertz CT molecular complexity index is 932. The topological polar surface area (TPSA) is 74.8 Å². The molecule has 170 valence electrons. The number of carbonyl (C=O) groups is 1. The first-order valence-corrected chi connectivity index (χ1v) is 9.51. The number of rotatable bonds is 8. The number of halogens is 5. The number of guanidine groups is 1. The molecule has 2 aromatic rings. The fraction of sp³-hybridized carbons (Fsp3) is 0.300. The number of nitrogens with zero attached hydrogens (tertiary/aromatic N) is 1. The zero-order valence-electron chi connectivity index (χ0n) is 16.9. The van der Waals surface area contributed by atoms with Crippen LogP contribution in [0.1, 0.15) is 12.5 Å². The number of methoxy groups -OCH3 is 1. The predicted molar refractivity (Wildman–Crippen MR) is 126 cm³/mol. The van der Waals surface area contributed by atoms with Crippen LogP contribution < -0.4 is 20.7 Å². The van der Waals surface area contributed by atoms with Crippen LogP contribution in [0.3, 0.4) is 0 Å². The van der Waals surface area contributed by atoms with Crippen molar-refractivity contribution in [3.8, 4) is 5.75 Å². The maximum atomic E-state index is 13.6. The minimum atomic E-state index is -1.65. The van der Waals surface area contributed by atoms with Crippen LogP contribution in [0.2, 0.25) is 5.02 Å². The summed E-state index contributed by atoms with van der Waals surface area (Å²) in [5.41, 5.74) is 0.452. The van der Waals surface area contributed by atoms with E-state index in [-0.39, 0.29) is 30.5 Å². The second-order valence-corrected chi connectivity index (χ2v) is 6.51. The van der Waals surface area contributed by atoms with Crippen LogP contribution >= 0.6 is 35.6 Å². The SMILES string of the molecule is CCNC(=NCC(=O)Nc1ccc(F)c(F)c1F)NCCc1ccc(OC)cc1Cl.I. The molecule has 3 N–H and O–H groups in total. The Morgan fingerprint density at radius 1 is 1.13 bits per heavy atom. The van der Waals surface area contributed by atoms with E-state index in [2.05, 4.69) is 20.9 Å². The van der Waals surface area contributed by atoms with E-state index in [1.165, 1.54) is 0 Å². The highest BCUT2D eigenvalue weighted by atomic mass is 127. The summed E-state index contributed by atoms with van der Waals surface area (Å²) in [7, 11) is 1.56. The molecule has 0 spiro atoms. The summed E-state index contributed by atoms with van der Waals surface area (Å²) in [5, 5.41) is 8.77. The summed E-state index contributed by atoms with van der Waals surface area (Å²) in [4.78, 5) is 16.1. The fourth-order valence-corrected chi connectivity index (χ4v) is 2.74. The lowest BCUT2D eigenvalue weighted by Crippen LogP contribution is -2.39. The van der Waals surface area contributed by atoms with E-state index in [0.29, 0.717) is 36.2 Å². The minimum absolute atomic E-state index is 0. The molecule has 0 aromatic heterocycles. The molecule has 1 amide bonds. The summed E-state index contributed by atoms with van der Waals surface area (Å²) >= 11 is 6.21. The van der Waals surface area contributed by atoms with Gasteiger partial charge in [-0.2, -0.15) is 0 Å². The van der Waals surface area contributed by atoms with Crippen molar-refractivity contribution in [1.82, 2.24) is 10.6 Å². The van der Waals surface area contributed by atoms with E-state index in [1.807, 2.05) is 19.1 Å². The van der Waals surface area contributed by atoms with Crippen LogP contribution in [-0.2, 0) is 11.2 Å². The van der Waals surface area contributed by atoms with Crippen molar-refractivity contribution in [2.24, 2.45) is 4.99 Å². The van der Waals surface area contributed by atoms with Gasteiger partial charge in [0.15, 0.2) is 23.4 Å². The molecule has 2 rings (SSSR count). The molecule has 0 heterocycles. The van der Waals surface area contributed by atoms with Crippen molar-refractivity contribution < 1.29 is 22.7 Å². The van der Waals surface area contributed by atoms with Crippen molar-refractivity contribution >= 4 is 53.1 Å². The third-order valence-corrected chi connectivity index (χ3v) is 4.33. The first-order chi connectivity index (χ1) is 14.3. The Morgan fingerprint density at radius 3 is 2.52 bits per heavy atom. The molecule has 11 heteroatoms. The highest BCUT2D eigenvalue weighted by Gasteiger charge is 2.15. The quantitative estimate of drug-likeness (QED) is 0.193. The number of carbonyl (C=O) groups excluding carboxylic acids is 1. The second kappa shape index (κ2) is 13.3. The fourth-order valence-electron chi connectivity index (χ4n) is 2.48. The van der Waals surface area contributed by atoms with E-state index in [0.717, 1.165) is 17.7 Å². The molecule has 0 saturated heterocycles. The number of nitrogens with one attached hydrogen (secondary N) is 3. The monoisotopic (exact) mass is 570 g/mol. The summed E-state index contributed by atoms with van der Waals surface area (Å²) in [6.45, 7) is 2.54. The predicted octanol–water partition coefficient (Wildman–Crippen LogP) is 4.12. The van der Waals surface area contributed by atoms with E-state index >= 15 is 0 Å². The number of hydrogen-bond donors (Lipinski definition) is 3. The van der Waals surface area contributed by atoms with Crippen LogP contribution in [0.15, 0.2) is 35.3 Å². The molecule has 6 nitrogen and oxygen atoms in total. The molecule has 0 atom stereocenters. The maximum Gasteiger partial charge on any atom is 0.246 e.